The van der Waals surface area contributed by atoms with Crippen molar-refractivity contribution in [2.24, 2.45) is 0 Å². The number of amides is 1. The lowest BCUT2D eigenvalue weighted by Gasteiger charge is -2.25. The number of aliphatic hydroxyl groups is 1. The maximum atomic E-state index is 13.0. The number of alkyl halides is 3. The molecule has 0 aliphatic rings. The number of hydrogen-bond donors (Lipinski definition) is 1. The molecular weight excluding hydrogens is 393 g/mol. The van der Waals surface area contributed by atoms with Crippen LogP contribution in [0.5, 0.6) is 0 Å². The van der Waals surface area contributed by atoms with E-state index in [9.17, 15) is 23.1 Å². The summed E-state index contributed by atoms with van der Waals surface area (Å²) in [7, 11) is 0. The third kappa shape index (κ3) is 5.24. The molecule has 156 valence electrons. The zero-order chi connectivity index (χ0) is 21.7. The Morgan fingerprint density at radius 2 is 1.70 bits per heavy atom. The van der Waals surface area contributed by atoms with Gasteiger partial charge in [0.1, 0.15) is 0 Å². The Morgan fingerprint density at radius 3 is 2.27 bits per heavy atom. The molecule has 1 aromatic heterocycles. The van der Waals surface area contributed by atoms with Crippen LogP contribution >= 0.6 is 0 Å². The van der Waals surface area contributed by atoms with Gasteiger partial charge >= 0.3 is 6.18 Å². The molecule has 1 heterocycles. The summed E-state index contributed by atoms with van der Waals surface area (Å²) in [5.41, 5.74) is 1.67. The summed E-state index contributed by atoms with van der Waals surface area (Å²) in [6.07, 6.45) is -3.90. The third-order valence-electron chi connectivity index (χ3n) is 4.73. The van der Waals surface area contributed by atoms with Crippen molar-refractivity contribution in [3.05, 3.63) is 95.3 Å². The molecule has 0 saturated carbocycles. The Bertz CT molecular complexity index is 972. The summed E-state index contributed by atoms with van der Waals surface area (Å²) in [6.45, 7) is 2.00. The Balaban J connectivity index is 1.81. The van der Waals surface area contributed by atoms with Crippen LogP contribution < -0.4 is 4.90 Å². The van der Waals surface area contributed by atoms with Gasteiger partial charge in [0.25, 0.3) is 5.91 Å². The van der Waals surface area contributed by atoms with E-state index in [1.807, 2.05) is 6.92 Å². The second kappa shape index (κ2) is 9.09. The van der Waals surface area contributed by atoms with E-state index in [4.69, 9.17) is 0 Å². The smallest absolute Gasteiger partial charge is 0.378 e. The normalized spacial score (nSPS) is 12.4. The van der Waals surface area contributed by atoms with Crippen LogP contribution in [0.3, 0.4) is 0 Å². The predicted molar refractivity (Wildman–Crippen MR) is 108 cm³/mol. The van der Waals surface area contributed by atoms with Gasteiger partial charge in [0.15, 0.2) is 6.10 Å². The molecule has 1 atom stereocenters. The van der Waals surface area contributed by atoms with E-state index in [1.54, 1.807) is 42.5 Å². The molecule has 0 fully saturated rings. The first kappa shape index (κ1) is 21.5. The van der Waals surface area contributed by atoms with Crippen LogP contribution in [0.2, 0.25) is 0 Å². The highest BCUT2D eigenvalue weighted by atomic mass is 19.4. The van der Waals surface area contributed by atoms with Crippen LogP contribution in [0.4, 0.5) is 18.9 Å². The van der Waals surface area contributed by atoms with Crippen LogP contribution in [0, 0.1) is 6.92 Å². The summed E-state index contributed by atoms with van der Waals surface area (Å²) < 4.78 is 38.3. The van der Waals surface area contributed by atoms with Gasteiger partial charge in [-0.2, -0.15) is 13.2 Å². The Hall–Kier alpha value is -3.19. The zero-order valence-corrected chi connectivity index (χ0v) is 16.3. The van der Waals surface area contributed by atoms with Gasteiger partial charge in [0.2, 0.25) is 0 Å². The second-order valence-corrected chi connectivity index (χ2v) is 6.91. The van der Waals surface area contributed by atoms with Gasteiger partial charge < -0.3 is 10.0 Å². The van der Waals surface area contributed by atoms with E-state index in [-0.39, 0.29) is 6.54 Å². The minimum atomic E-state index is -4.39. The van der Waals surface area contributed by atoms with Crippen molar-refractivity contribution in [1.82, 2.24) is 4.98 Å². The second-order valence-electron chi connectivity index (χ2n) is 6.91. The first-order chi connectivity index (χ1) is 14.3. The fourth-order valence-corrected chi connectivity index (χ4v) is 3.01. The number of carbonyl (C=O) groups is 1. The third-order valence-corrected chi connectivity index (χ3v) is 4.73. The van der Waals surface area contributed by atoms with Gasteiger partial charge in [-0.3, -0.25) is 9.78 Å². The summed E-state index contributed by atoms with van der Waals surface area (Å²) in [6, 6.07) is 16.9. The Morgan fingerprint density at radius 1 is 1.03 bits per heavy atom. The number of anilines is 1. The lowest BCUT2D eigenvalue weighted by molar-refractivity contribution is -0.137. The highest BCUT2D eigenvalue weighted by Gasteiger charge is 2.30. The van der Waals surface area contributed by atoms with Crippen molar-refractivity contribution in [2.75, 3.05) is 11.4 Å². The molecule has 0 aliphatic carbocycles. The van der Waals surface area contributed by atoms with Gasteiger partial charge in [0, 0.05) is 12.2 Å². The summed E-state index contributed by atoms with van der Waals surface area (Å²) in [5, 5.41) is 10.6. The largest absolute Gasteiger partial charge is 0.416 e. The average molecular weight is 414 g/mol. The topological polar surface area (TPSA) is 53.4 Å². The molecule has 0 radical (unpaired) electrons. The quantitative estimate of drug-likeness (QED) is 0.635. The van der Waals surface area contributed by atoms with Gasteiger partial charge in [-0.15, -0.1) is 0 Å². The van der Waals surface area contributed by atoms with E-state index < -0.39 is 23.8 Å². The number of benzene rings is 2. The molecule has 0 unspecified atom stereocenters. The van der Waals surface area contributed by atoms with Crippen molar-refractivity contribution < 1.29 is 23.1 Å². The molecule has 0 bridgehead atoms. The zero-order valence-electron chi connectivity index (χ0n) is 16.3. The average Bonchev–Trinajstić information content (AvgIpc) is 2.74. The van der Waals surface area contributed by atoms with Gasteiger partial charge in [-0.05, 0) is 48.7 Å². The number of halogens is 3. The molecule has 1 N–H and O–H groups in total. The summed E-state index contributed by atoms with van der Waals surface area (Å²) in [4.78, 5) is 18.6. The van der Waals surface area contributed by atoms with Crippen LogP contribution in [0.15, 0.2) is 72.9 Å². The fourth-order valence-electron chi connectivity index (χ4n) is 3.01. The fraction of sp³-hybridized carbons (Fsp3) is 0.217. The maximum absolute atomic E-state index is 13.0. The number of rotatable bonds is 6. The molecule has 3 rings (SSSR count). The summed E-state index contributed by atoms with van der Waals surface area (Å²) in [5.74, 6) is -0.529. The Labute approximate surface area is 172 Å². The van der Waals surface area contributed by atoms with E-state index in [1.165, 1.54) is 23.2 Å². The van der Waals surface area contributed by atoms with Crippen molar-refractivity contribution in [3.8, 4) is 0 Å². The minimum Gasteiger partial charge on any atom is -0.378 e. The van der Waals surface area contributed by atoms with Gasteiger partial charge in [-0.25, -0.2) is 0 Å². The number of aryl methyl sites for hydroxylation is 1. The lowest BCUT2D eigenvalue weighted by atomic mass is 10.1. The van der Waals surface area contributed by atoms with Crippen LogP contribution in [0.25, 0.3) is 0 Å². The minimum absolute atomic E-state index is 0.179. The number of aromatic nitrogens is 1. The molecule has 0 saturated heterocycles. The molecule has 2 aromatic carbocycles. The number of aliphatic hydroxyl groups excluding tert-OH is 1. The van der Waals surface area contributed by atoms with Crippen LogP contribution in [-0.2, 0) is 17.4 Å². The first-order valence-electron chi connectivity index (χ1n) is 9.39. The van der Waals surface area contributed by atoms with Gasteiger partial charge in [-0.1, -0.05) is 42.5 Å². The standard InChI is InChI=1S/C23H21F3N2O2/c1-16-7-12-20(15-27-16)28(22(30)21(29)18-5-3-2-4-6-18)14-13-17-8-10-19(11-9-17)23(24,25)26/h2-12,15,21,29H,13-14H2,1H3/t21-/m1/s1. The molecule has 1 amide bonds. The molecule has 0 aliphatic heterocycles. The number of hydrogen-bond acceptors (Lipinski definition) is 3. The van der Waals surface area contributed by atoms with E-state index in [0.29, 0.717) is 23.2 Å². The first-order valence-corrected chi connectivity index (χ1v) is 9.39. The molecule has 30 heavy (non-hydrogen) atoms. The maximum Gasteiger partial charge on any atom is 0.416 e. The van der Waals surface area contributed by atoms with Crippen molar-refractivity contribution >= 4 is 11.6 Å². The highest BCUT2D eigenvalue weighted by molar-refractivity contribution is 5.96. The molecule has 0 spiro atoms. The van der Waals surface area contributed by atoms with Crippen molar-refractivity contribution in [3.63, 3.8) is 0 Å². The predicted octanol–water partition coefficient (Wildman–Crippen LogP) is 4.72. The Kier molecular flexibility index (Phi) is 6.52. The molecular formula is C23H21F3N2O2. The van der Waals surface area contributed by atoms with E-state index in [2.05, 4.69) is 4.98 Å². The lowest BCUT2D eigenvalue weighted by Crippen LogP contribution is -2.37. The van der Waals surface area contributed by atoms with Crippen LogP contribution in [-0.4, -0.2) is 22.5 Å². The van der Waals surface area contributed by atoms with E-state index in [0.717, 1.165) is 17.8 Å². The number of carbonyl (C=O) groups excluding carboxylic acids is 1. The monoisotopic (exact) mass is 414 g/mol. The SMILES string of the molecule is Cc1ccc(N(CCc2ccc(C(F)(F)F)cc2)C(=O)[C@H](O)c2ccccc2)cn1. The molecule has 3 aromatic rings. The van der Waals surface area contributed by atoms with Crippen LogP contribution in [0.1, 0.15) is 28.5 Å². The summed E-state index contributed by atoms with van der Waals surface area (Å²) >= 11 is 0. The van der Waals surface area contributed by atoms with Crippen molar-refractivity contribution in [2.45, 2.75) is 25.6 Å². The number of nitrogens with zero attached hydrogens (tertiary/aromatic N) is 2. The molecule has 7 heteroatoms. The van der Waals surface area contributed by atoms with Crippen molar-refractivity contribution in [1.29, 1.82) is 0 Å². The van der Waals surface area contributed by atoms with E-state index >= 15 is 0 Å². The number of pyridine rings is 1. The highest BCUT2D eigenvalue weighted by Crippen LogP contribution is 2.29. The van der Waals surface area contributed by atoms with Gasteiger partial charge in [0.05, 0.1) is 17.4 Å². The molecule has 4 nitrogen and oxygen atoms in total.